The summed E-state index contributed by atoms with van der Waals surface area (Å²) < 4.78 is 0. The predicted octanol–water partition coefficient (Wildman–Crippen LogP) is 2.77. The molecule has 2 unspecified atom stereocenters. The van der Waals surface area contributed by atoms with E-state index in [9.17, 15) is 4.79 Å². The zero-order chi connectivity index (χ0) is 16.0. The van der Waals surface area contributed by atoms with Crippen LogP contribution in [-0.4, -0.2) is 34.4 Å². The summed E-state index contributed by atoms with van der Waals surface area (Å²) in [5.74, 6) is 0.000208. The first-order valence-corrected chi connectivity index (χ1v) is 7.78. The molecule has 1 amide bonds. The highest BCUT2D eigenvalue weighted by Gasteiger charge is 2.23. The van der Waals surface area contributed by atoms with Crippen LogP contribution in [0.15, 0.2) is 24.3 Å². The van der Waals surface area contributed by atoms with Crippen LogP contribution in [0.1, 0.15) is 39.7 Å². The molecule has 0 bridgehead atoms. The Kier molecular flexibility index (Phi) is 6.78. The van der Waals surface area contributed by atoms with E-state index in [1.165, 1.54) is 0 Å². The fourth-order valence-electron chi connectivity index (χ4n) is 2.32. The number of nitrogens with one attached hydrogen (secondary N) is 1. The monoisotopic (exact) mass is 307 g/mol. The van der Waals surface area contributed by atoms with Gasteiger partial charge in [0, 0.05) is 17.3 Å². The van der Waals surface area contributed by atoms with Crippen LogP contribution in [0.2, 0.25) is 0 Å². The molecule has 0 fully saturated rings. The third-order valence-corrected chi connectivity index (χ3v) is 4.07. The second-order valence-corrected chi connectivity index (χ2v) is 5.63. The molecule has 0 radical (unpaired) electrons. The molecular formula is C16H25N3OS. The standard InChI is InChI=1S/C16H25N3OS/c1-5-11(3)19(6-2)12(4)16(20)18-14-9-7-13(8-10-14)15(17)21/h7-12H,5-6H2,1-4H3,(H2,17,21)(H,18,20). The number of likely N-dealkylation sites (N-methyl/N-ethyl adjacent to an activating group) is 1. The average Bonchev–Trinajstić information content (AvgIpc) is 2.47. The molecule has 1 aromatic carbocycles. The molecule has 3 N–H and O–H groups in total. The number of carbonyl (C=O) groups is 1. The first-order valence-electron chi connectivity index (χ1n) is 7.37. The van der Waals surface area contributed by atoms with Crippen LogP contribution in [-0.2, 0) is 4.79 Å². The average molecular weight is 307 g/mol. The SMILES string of the molecule is CCC(C)N(CC)C(C)C(=O)Nc1ccc(C(N)=S)cc1. The largest absolute Gasteiger partial charge is 0.389 e. The van der Waals surface area contributed by atoms with Crippen molar-refractivity contribution in [2.24, 2.45) is 5.73 Å². The van der Waals surface area contributed by atoms with Crippen molar-refractivity contribution in [1.82, 2.24) is 4.90 Å². The summed E-state index contributed by atoms with van der Waals surface area (Å²) in [6.07, 6.45) is 1.02. The summed E-state index contributed by atoms with van der Waals surface area (Å²) >= 11 is 4.91. The Bertz CT molecular complexity index is 487. The summed E-state index contributed by atoms with van der Waals surface area (Å²) in [5, 5.41) is 2.94. The van der Waals surface area contributed by atoms with Crippen LogP contribution in [0.4, 0.5) is 5.69 Å². The van der Waals surface area contributed by atoms with Crippen molar-refractivity contribution >= 4 is 28.8 Å². The van der Waals surface area contributed by atoms with Gasteiger partial charge in [-0.2, -0.15) is 0 Å². The fourth-order valence-corrected chi connectivity index (χ4v) is 2.45. The Morgan fingerprint density at radius 2 is 1.86 bits per heavy atom. The lowest BCUT2D eigenvalue weighted by atomic mass is 10.1. The Hall–Kier alpha value is -1.46. The van der Waals surface area contributed by atoms with Gasteiger partial charge in [-0.25, -0.2) is 0 Å². The summed E-state index contributed by atoms with van der Waals surface area (Å²) in [7, 11) is 0. The number of nitrogens with two attached hydrogens (primary N) is 1. The zero-order valence-electron chi connectivity index (χ0n) is 13.2. The first kappa shape index (κ1) is 17.6. The minimum Gasteiger partial charge on any atom is -0.389 e. The van der Waals surface area contributed by atoms with Crippen LogP contribution in [0.25, 0.3) is 0 Å². The van der Waals surface area contributed by atoms with E-state index in [0.29, 0.717) is 11.0 Å². The van der Waals surface area contributed by atoms with E-state index in [4.69, 9.17) is 18.0 Å². The van der Waals surface area contributed by atoms with Crippen LogP contribution < -0.4 is 11.1 Å². The quantitative estimate of drug-likeness (QED) is 0.761. The highest BCUT2D eigenvalue weighted by atomic mass is 32.1. The number of anilines is 1. The normalized spacial score (nSPS) is 13.8. The maximum Gasteiger partial charge on any atom is 0.241 e. The third kappa shape index (κ3) is 4.79. The molecule has 0 spiro atoms. The first-order chi connectivity index (χ1) is 9.90. The van der Waals surface area contributed by atoms with Crippen molar-refractivity contribution < 1.29 is 4.79 Å². The number of thiocarbonyl (C=S) groups is 1. The molecule has 1 rings (SSSR count). The van der Waals surface area contributed by atoms with Crippen molar-refractivity contribution in [2.45, 2.75) is 46.2 Å². The minimum absolute atomic E-state index is 0.000208. The van der Waals surface area contributed by atoms with E-state index in [1.54, 1.807) is 0 Å². The van der Waals surface area contributed by atoms with E-state index in [-0.39, 0.29) is 11.9 Å². The second-order valence-electron chi connectivity index (χ2n) is 5.19. The Morgan fingerprint density at radius 3 is 2.29 bits per heavy atom. The van der Waals surface area contributed by atoms with Crippen molar-refractivity contribution in [3.8, 4) is 0 Å². The molecule has 0 aliphatic carbocycles. The van der Waals surface area contributed by atoms with E-state index < -0.39 is 0 Å². The van der Waals surface area contributed by atoms with Crippen LogP contribution >= 0.6 is 12.2 Å². The van der Waals surface area contributed by atoms with Gasteiger partial charge in [0.1, 0.15) is 4.99 Å². The lowest BCUT2D eigenvalue weighted by Crippen LogP contribution is -2.46. The zero-order valence-corrected chi connectivity index (χ0v) is 14.0. The Labute approximate surface area is 132 Å². The molecule has 0 aliphatic heterocycles. The molecule has 116 valence electrons. The number of rotatable bonds is 7. The van der Waals surface area contributed by atoms with Gasteiger partial charge >= 0.3 is 0 Å². The van der Waals surface area contributed by atoms with E-state index in [0.717, 1.165) is 24.2 Å². The molecule has 0 aliphatic rings. The summed E-state index contributed by atoms with van der Waals surface area (Å²) in [5.41, 5.74) is 7.11. The topological polar surface area (TPSA) is 58.4 Å². The molecule has 2 atom stereocenters. The van der Waals surface area contributed by atoms with Gasteiger partial charge in [-0.15, -0.1) is 0 Å². The van der Waals surface area contributed by atoms with Gasteiger partial charge in [-0.3, -0.25) is 9.69 Å². The minimum atomic E-state index is -0.166. The maximum absolute atomic E-state index is 12.3. The molecular weight excluding hydrogens is 282 g/mol. The number of hydrogen-bond acceptors (Lipinski definition) is 3. The van der Waals surface area contributed by atoms with E-state index in [2.05, 4.69) is 31.0 Å². The third-order valence-electron chi connectivity index (χ3n) is 3.84. The van der Waals surface area contributed by atoms with E-state index in [1.807, 2.05) is 31.2 Å². The number of carbonyl (C=O) groups excluding carboxylic acids is 1. The molecule has 0 saturated heterocycles. The highest BCUT2D eigenvalue weighted by Crippen LogP contribution is 2.13. The van der Waals surface area contributed by atoms with Gasteiger partial charge in [0.15, 0.2) is 0 Å². The van der Waals surface area contributed by atoms with Crippen molar-refractivity contribution in [2.75, 3.05) is 11.9 Å². The van der Waals surface area contributed by atoms with Crippen molar-refractivity contribution in [1.29, 1.82) is 0 Å². The number of amides is 1. The molecule has 5 heteroatoms. The van der Waals surface area contributed by atoms with Crippen molar-refractivity contribution in [3.05, 3.63) is 29.8 Å². The molecule has 0 heterocycles. The van der Waals surface area contributed by atoms with Crippen LogP contribution in [0, 0.1) is 0 Å². The molecule has 21 heavy (non-hydrogen) atoms. The van der Waals surface area contributed by atoms with Crippen molar-refractivity contribution in [3.63, 3.8) is 0 Å². The van der Waals surface area contributed by atoms with Gasteiger partial charge in [-0.05, 0) is 51.1 Å². The highest BCUT2D eigenvalue weighted by molar-refractivity contribution is 7.80. The fraction of sp³-hybridized carbons (Fsp3) is 0.500. The summed E-state index contributed by atoms with van der Waals surface area (Å²) in [6.45, 7) is 9.14. The van der Waals surface area contributed by atoms with Crippen LogP contribution in [0.3, 0.4) is 0 Å². The molecule has 4 nitrogen and oxygen atoms in total. The number of hydrogen-bond donors (Lipinski definition) is 2. The smallest absolute Gasteiger partial charge is 0.241 e. The van der Waals surface area contributed by atoms with Gasteiger partial charge in [0.2, 0.25) is 5.91 Å². The number of nitrogens with zero attached hydrogens (tertiary/aromatic N) is 1. The van der Waals surface area contributed by atoms with Crippen LogP contribution in [0.5, 0.6) is 0 Å². The molecule has 0 aromatic heterocycles. The van der Waals surface area contributed by atoms with E-state index >= 15 is 0 Å². The van der Waals surface area contributed by atoms with Gasteiger partial charge in [0.05, 0.1) is 6.04 Å². The van der Waals surface area contributed by atoms with Gasteiger partial charge in [-0.1, -0.05) is 26.1 Å². The summed E-state index contributed by atoms with van der Waals surface area (Å²) in [6, 6.07) is 7.48. The second kappa shape index (κ2) is 8.10. The Balaban J connectivity index is 2.73. The van der Waals surface area contributed by atoms with Gasteiger partial charge < -0.3 is 11.1 Å². The predicted molar refractivity (Wildman–Crippen MR) is 92.6 cm³/mol. The molecule has 0 saturated carbocycles. The molecule has 1 aromatic rings. The summed E-state index contributed by atoms with van der Waals surface area (Å²) in [4.78, 5) is 14.9. The van der Waals surface area contributed by atoms with Gasteiger partial charge in [0.25, 0.3) is 0 Å². The number of benzene rings is 1. The maximum atomic E-state index is 12.3. The lowest BCUT2D eigenvalue weighted by molar-refractivity contribution is -0.121. The lowest BCUT2D eigenvalue weighted by Gasteiger charge is -2.32. The Morgan fingerprint density at radius 1 is 1.29 bits per heavy atom.